The van der Waals surface area contributed by atoms with E-state index in [4.69, 9.17) is 9.47 Å². The molecule has 0 saturated heterocycles. The molecule has 1 N–H and O–H groups in total. The number of hydrogen-bond acceptors (Lipinski definition) is 7. The molecule has 1 atom stereocenters. The molecule has 1 unspecified atom stereocenters. The SMILES string of the molecule is COc1ccc(C(C(=O)Nc2ccc(N(C)C)cc2)N(Cc2ccccc2)C(=O)Cn2nnc3ccccc32)cc1OC. The number of rotatable bonds is 11. The van der Waals surface area contributed by atoms with Gasteiger partial charge in [0.05, 0.1) is 19.7 Å². The highest BCUT2D eigenvalue weighted by molar-refractivity contribution is 5.98. The number of fused-ring (bicyclic) bond motifs is 1. The highest BCUT2D eigenvalue weighted by Gasteiger charge is 2.33. The summed E-state index contributed by atoms with van der Waals surface area (Å²) in [6, 6.07) is 28.7. The van der Waals surface area contributed by atoms with Crippen LogP contribution in [0.15, 0.2) is 97.1 Å². The number of para-hydroxylation sites is 1. The van der Waals surface area contributed by atoms with Crippen molar-refractivity contribution in [1.29, 1.82) is 0 Å². The maximum Gasteiger partial charge on any atom is 0.251 e. The Balaban J connectivity index is 1.57. The fourth-order valence-corrected chi connectivity index (χ4v) is 4.91. The first-order valence-corrected chi connectivity index (χ1v) is 13.8. The van der Waals surface area contributed by atoms with E-state index in [-0.39, 0.29) is 24.9 Å². The topological polar surface area (TPSA) is 102 Å². The van der Waals surface area contributed by atoms with Gasteiger partial charge in [0, 0.05) is 32.0 Å². The third kappa shape index (κ3) is 6.59. The molecular weight excluding hydrogens is 544 g/mol. The van der Waals surface area contributed by atoms with Crippen molar-refractivity contribution in [2.24, 2.45) is 0 Å². The average Bonchev–Trinajstić information content (AvgIpc) is 3.43. The van der Waals surface area contributed by atoms with Gasteiger partial charge >= 0.3 is 0 Å². The summed E-state index contributed by atoms with van der Waals surface area (Å²) < 4.78 is 12.6. The summed E-state index contributed by atoms with van der Waals surface area (Å²) >= 11 is 0. The maximum atomic E-state index is 14.2. The number of nitrogens with one attached hydrogen (secondary N) is 1. The molecule has 1 heterocycles. The molecule has 0 saturated carbocycles. The predicted octanol–water partition coefficient (Wildman–Crippen LogP) is 4.92. The second-order valence-corrected chi connectivity index (χ2v) is 10.2. The van der Waals surface area contributed by atoms with Gasteiger partial charge in [0.2, 0.25) is 5.91 Å². The summed E-state index contributed by atoms with van der Waals surface area (Å²) in [7, 11) is 6.98. The Bertz CT molecular complexity index is 1700. The lowest BCUT2D eigenvalue weighted by atomic mass is 10.0. The van der Waals surface area contributed by atoms with Gasteiger partial charge in [0.1, 0.15) is 18.1 Å². The standard InChI is InChI=1S/C33H34N6O4/c1-37(2)26-17-15-25(16-18-26)34-33(41)32(24-14-19-29(42-3)30(20-24)43-4)38(21-23-10-6-5-7-11-23)31(40)22-39-28-13-9-8-12-27(28)35-36-39/h5-20,32H,21-22H2,1-4H3,(H,34,41). The van der Waals surface area contributed by atoms with E-state index in [1.54, 1.807) is 34.9 Å². The molecule has 4 aromatic carbocycles. The van der Waals surface area contributed by atoms with Gasteiger partial charge in [-0.15, -0.1) is 5.10 Å². The summed E-state index contributed by atoms with van der Waals surface area (Å²) in [4.78, 5) is 32.0. The molecule has 0 bridgehead atoms. The highest BCUT2D eigenvalue weighted by Crippen LogP contribution is 2.34. The first-order chi connectivity index (χ1) is 20.9. The van der Waals surface area contributed by atoms with Crippen molar-refractivity contribution in [3.8, 4) is 11.5 Å². The zero-order valence-corrected chi connectivity index (χ0v) is 24.6. The van der Waals surface area contributed by atoms with Gasteiger partial charge in [-0.2, -0.15) is 0 Å². The summed E-state index contributed by atoms with van der Waals surface area (Å²) in [5, 5.41) is 11.4. The first-order valence-electron chi connectivity index (χ1n) is 13.8. The van der Waals surface area contributed by atoms with Gasteiger partial charge in [0.15, 0.2) is 11.5 Å². The van der Waals surface area contributed by atoms with Crippen molar-refractivity contribution >= 4 is 34.2 Å². The molecule has 0 aliphatic heterocycles. The van der Waals surface area contributed by atoms with E-state index in [0.717, 1.165) is 16.8 Å². The van der Waals surface area contributed by atoms with E-state index < -0.39 is 6.04 Å². The number of aromatic nitrogens is 3. The fraction of sp³-hybridized carbons (Fsp3) is 0.212. The Morgan fingerprint density at radius 1 is 0.860 bits per heavy atom. The number of amides is 2. The smallest absolute Gasteiger partial charge is 0.251 e. The lowest BCUT2D eigenvalue weighted by Crippen LogP contribution is -2.42. The summed E-state index contributed by atoms with van der Waals surface area (Å²) in [6.45, 7) is 0.0697. The minimum Gasteiger partial charge on any atom is -0.493 e. The molecular formula is C33H34N6O4. The van der Waals surface area contributed by atoms with Gasteiger partial charge in [-0.3, -0.25) is 9.59 Å². The Morgan fingerprint density at radius 3 is 2.26 bits per heavy atom. The number of carbonyl (C=O) groups is 2. The number of hydrogen-bond donors (Lipinski definition) is 1. The number of methoxy groups -OCH3 is 2. The van der Waals surface area contributed by atoms with Gasteiger partial charge < -0.3 is 24.6 Å². The molecule has 2 amide bonds. The Hall–Kier alpha value is -5.38. The number of ether oxygens (including phenoxy) is 2. The minimum atomic E-state index is -1.02. The van der Waals surface area contributed by atoms with Crippen molar-refractivity contribution < 1.29 is 19.1 Å². The monoisotopic (exact) mass is 578 g/mol. The first kappa shape index (κ1) is 29.1. The van der Waals surface area contributed by atoms with Crippen LogP contribution in [0.4, 0.5) is 11.4 Å². The van der Waals surface area contributed by atoms with E-state index in [0.29, 0.717) is 28.3 Å². The molecule has 0 aliphatic rings. The second kappa shape index (κ2) is 13.1. The van der Waals surface area contributed by atoms with Crippen LogP contribution < -0.4 is 19.7 Å². The van der Waals surface area contributed by atoms with Gasteiger partial charge in [-0.05, 0) is 59.7 Å². The quantitative estimate of drug-likeness (QED) is 0.237. The molecule has 1 aromatic heterocycles. The van der Waals surface area contributed by atoms with Crippen LogP contribution in [0.25, 0.3) is 11.0 Å². The molecule has 43 heavy (non-hydrogen) atoms. The van der Waals surface area contributed by atoms with Crippen molar-refractivity contribution in [3.05, 3.63) is 108 Å². The van der Waals surface area contributed by atoms with Crippen LogP contribution in [0, 0.1) is 0 Å². The normalized spacial score (nSPS) is 11.5. The van der Waals surface area contributed by atoms with Crippen LogP contribution in [-0.2, 0) is 22.7 Å². The number of anilines is 2. The molecule has 5 rings (SSSR count). The van der Waals surface area contributed by atoms with E-state index in [2.05, 4.69) is 15.6 Å². The highest BCUT2D eigenvalue weighted by atomic mass is 16.5. The van der Waals surface area contributed by atoms with E-state index in [1.807, 2.05) is 97.9 Å². The fourth-order valence-electron chi connectivity index (χ4n) is 4.91. The molecule has 0 spiro atoms. The van der Waals surface area contributed by atoms with Gasteiger partial charge in [0.25, 0.3) is 5.91 Å². The molecule has 0 fully saturated rings. The lowest BCUT2D eigenvalue weighted by molar-refractivity contribution is -0.140. The predicted molar refractivity (Wildman–Crippen MR) is 166 cm³/mol. The van der Waals surface area contributed by atoms with Crippen LogP contribution in [0.5, 0.6) is 11.5 Å². The van der Waals surface area contributed by atoms with Crippen molar-refractivity contribution in [2.75, 3.05) is 38.5 Å². The Kier molecular flexibility index (Phi) is 8.85. The zero-order chi connectivity index (χ0) is 30.3. The van der Waals surface area contributed by atoms with Crippen molar-refractivity contribution in [1.82, 2.24) is 19.9 Å². The molecule has 0 radical (unpaired) electrons. The molecule has 0 aliphatic carbocycles. The average molecular weight is 579 g/mol. The Labute approximate surface area is 250 Å². The van der Waals surface area contributed by atoms with E-state index in [1.165, 1.54) is 7.11 Å². The second-order valence-electron chi connectivity index (χ2n) is 10.2. The third-order valence-corrected chi connectivity index (χ3v) is 7.16. The van der Waals surface area contributed by atoms with Crippen molar-refractivity contribution in [3.63, 3.8) is 0 Å². The maximum absolute atomic E-state index is 14.2. The zero-order valence-electron chi connectivity index (χ0n) is 24.6. The lowest BCUT2D eigenvalue weighted by Gasteiger charge is -2.32. The molecule has 10 nitrogen and oxygen atoms in total. The number of benzene rings is 4. The largest absolute Gasteiger partial charge is 0.493 e. The molecule has 5 aromatic rings. The van der Waals surface area contributed by atoms with Crippen LogP contribution >= 0.6 is 0 Å². The van der Waals surface area contributed by atoms with Crippen LogP contribution in [0.3, 0.4) is 0 Å². The number of nitrogens with zero attached hydrogens (tertiary/aromatic N) is 5. The summed E-state index contributed by atoms with van der Waals surface area (Å²) in [5.74, 6) is 0.275. The van der Waals surface area contributed by atoms with E-state index >= 15 is 0 Å². The summed E-state index contributed by atoms with van der Waals surface area (Å²) in [6.07, 6.45) is 0. The van der Waals surface area contributed by atoms with E-state index in [9.17, 15) is 9.59 Å². The molecule has 220 valence electrons. The minimum absolute atomic E-state index is 0.109. The third-order valence-electron chi connectivity index (χ3n) is 7.16. The molecule has 10 heteroatoms. The van der Waals surface area contributed by atoms with Crippen LogP contribution in [-0.4, -0.2) is 60.0 Å². The van der Waals surface area contributed by atoms with Crippen LogP contribution in [0.2, 0.25) is 0 Å². The Morgan fingerprint density at radius 2 is 1.56 bits per heavy atom. The number of carbonyl (C=O) groups excluding carboxylic acids is 2. The van der Waals surface area contributed by atoms with Crippen molar-refractivity contribution in [2.45, 2.75) is 19.1 Å². The summed E-state index contributed by atoms with van der Waals surface area (Å²) in [5.41, 5.74) is 4.44. The van der Waals surface area contributed by atoms with Gasteiger partial charge in [-0.1, -0.05) is 53.7 Å². The van der Waals surface area contributed by atoms with Gasteiger partial charge in [-0.25, -0.2) is 4.68 Å². The van der Waals surface area contributed by atoms with Crippen LogP contribution in [0.1, 0.15) is 17.2 Å².